The van der Waals surface area contributed by atoms with E-state index in [2.05, 4.69) is 5.32 Å². The van der Waals surface area contributed by atoms with Crippen LogP contribution in [0.15, 0.2) is 47.1 Å². The van der Waals surface area contributed by atoms with Crippen molar-refractivity contribution in [2.75, 3.05) is 5.32 Å². The van der Waals surface area contributed by atoms with Gasteiger partial charge in [0.2, 0.25) is 0 Å². The third kappa shape index (κ3) is 2.98. The molecule has 5 heteroatoms. The van der Waals surface area contributed by atoms with Crippen LogP contribution in [-0.2, 0) is 11.2 Å². The predicted octanol–water partition coefficient (Wildman–Crippen LogP) is 0.824. The average Bonchev–Trinajstić information content (AvgIpc) is 2.84. The van der Waals surface area contributed by atoms with Gasteiger partial charge < -0.3 is 19.6 Å². The van der Waals surface area contributed by atoms with Crippen LogP contribution in [0, 0.1) is 0 Å². The molecule has 0 unspecified atom stereocenters. The van der Waals surface area contributed by atoms with Gasteiger partial charge in [-0.1, -0.05) is 12.1 Å². The summed E-state index contributed by atoms with van der Waals surface area (Å²) in [6.45, 7) is 0. The number of benzene rings is 1. The summed E-state index contributed by atoms with van der Waals surface area (Å²) in [6, 6.07) is 9.66. The first-order valence-corrected chi connectivity index (χ1v) is 5.29. The van der Waals surface area contributed by atoms with Crippen molar-refractivity contribution < 1.29 is 19.1 Å². The summed E-state index contributed by atoms with van der Waals surface area (Å²) in [6.07, 6.45) is 1.27. The first-order valence-electron chi connectivity index (χ1n) is 5.29. The van der Waals surface area contributed by atoms with Crippen molar-refractivity contribution in [3.05, 3.63) is 54.0 Å². The van der Waals surface area contributed by atoms with Crippen LogP contribution in [0.25, 0.3) is 0 Å². The van der Waals surface area contributed by atoms with Crippen LogP contribution in [-0.4, -0.2) is 11.9 Å². The summed E-state index contributed by atoms with van der Waals surface area (Å²) < 4.78 is 4.95. The molecule has 0 radical (unpaired) electrons. The molecular formula is C13H10NO4-. The van der Waals surface area contributed by atoms with Crippen molar-refractivity contribution in [2.24, 2.45) is 0 Å². The molecule has 0 spiro atoms. The molecule has 0 aliphatic carbocycles. The van der Waals surface area contributed by atoms with E-state index in [9.17, 15) is 14.7 Å². The molecule has 0 saturated heterocycles. The van der Waals surface area contributed by atoms with E-state index in [0.717, 1.165) is 0 Å². The maximum absolute atomic E-state index is 11.6. The van der Waals surface area contributed by atoms with E-state index < -0.39 is 5.97 Å². The number of furan rings is 1. The highest BCUT2D eigenvalue weighted by Gasteiger charge is 2.08. The van der Waals surface area contributed by atoms with E-state index in [-0.39, 0.29) is 18.1 Å². The number of rotatable bonds is 4. The van der Waals surface area contributed by atoms with Crippen molar-refractivity contribution in [3.8, 4) is 0 Å². The Morgan fingerprint density at radius 2 is 1.89 bits per heavy atom. The third-order valence-electron chi connectivity index (χ3n) is 2.31. The van der Waals surface area contributed by atoms with Crippen molar-refractivity contribution >= 4 is 17.6 Å². The highest BCUT2D eigenvalue weighted by Crippen LogP contribution is 2.12. The number of nitrogens with one attached hydrogen (secondary N) is 1. The highest BCUT2D eigenvalue weighted by molar-refractivity contribution is 6.02. The molecule has 1 heterocycles. The second-order valence-corrected chi connectivity index (χ2v) is 3.68. The number of carboxylic acid groups (broad SMARTS) is 1. The van der Waals surface area contributed by atoms with Crippen LogP contribution in [0.1, 0.15) is 16.1 Å². The van der Waals surface area contributed by atoms with Crippen LogP contribution in [0.2, 0.25) is 0 Å². The Bertz CT molecular complexity index is 543. The van der Waals surface area contributed by atoms with Crippen LogP contribution in [0.5, 0.6) is 0 Å². The predicted molar refractivity (Wildman–Crippen MR) is 61.8 cm³/mol. The summed E-state index contributed by atoms with van der Waals surface area (Å²) >= 11 is 0. The van der Waals surface area contributed by atoms with E-state index >= 15 is 0 Å². The zero-order valence-electron chi connectivity index (χ0n) is 9.38. The Hall–Kier alpha value is -2.56. The topological polar surface area (TPSA) is 82.4 Å². The summed E-state index contributed by atoms with van der Waals surface area (Å²) in [5.41, 5.74) is 1.18. The molecule has 1 aromatic carbocycles. The molecule has 0 atom stereocenters. The van der Waals surface area contributed by atoms with Gasteiger partial charge in [0, 0.05) is 18.1 Å². The fourth-order valence-electron chi connectivity index (χ4n) is 1.47. The maximum Gasteiger partial charge on any atom is 0.291 e. The molecular weight excluding hydrogens is 234 g/mol. The lowest BCUT2D eigenvalue weighted by Crippen LogP contribution is -2.24. The van der Waals surface area contributed by atoms with E-state index in [1.165, 1.54) is 6.26 Å². The normalized spacial score (nSPS) is 10.0. The molecule has 1 aromatic heterocycles. The number of anilines is 1. The largest absolute Gasteiger partial charge is 0.550 e. The molecule has 92 valence electrons. The minimum absolute atomic E-state index is 0.146. The summed E-state index contributed by atoms with van der Waals surface area (Å²) in [5, 5.41) is 13.0. The molecule has 5 nitrogen and oxygen atoms in total. The lowest BCUT2D eigenvalue weighted by Gasteiger charge is -2.05. The first-order chi connectivity index (χ1) is 8.65. The van der Waals surface area contributed by atoms with Crippen molar-refractivity contribution in [3.63, 3.8) is 0 Å². The second kappa shape index (κ2) is 5.18. The third-order valence-corrected chi connectivity index (χ3v) is 2.31. The van der Waals surface area contributed by atoms with Gasteiger partial charge in [-0.15, -0.1) is 0 Å². The Kier molecular flexibility index (Phi) is 3.43. The molecule has 1 N–H and O–H groups in total. The van der Waals surface area contributed by atoms with Crippen molar-refractivity contribution in [2.45, 2.75) is 6.42 Å². The van der Waals surface area contributed by atoms with Crippen LogP contribution < -0.4 is 10.4 Å². The molecule has 0 bridgehead atoms. The Labute approximate surface area is 103 Å². The molecule has 1 amide bonds. The van der Waals surface area contributed by atoms with Gasteiger partial charge in [0.05, 0.1) is 6.26 Å². The number of hydrogen-bond acceptors (Lipinski definition) is 4. The number of amides is 1. The van der Waals surface area contributed by atoms with Gasteiger partial charge in [0.25, 0.3) is 5.91 Å². The minimum Gasteiger partial charge on any atom is -0.550 e. The number of carboxylic acids is 1. The summed E-state index contributed by atoms with van der Waals surface area (Å²) in [5.74, 6) is -1.27. The monoisotopic (exact) mass is 244 g/mol. The zero-order valence-corrected chi connectivity index (χ0v) is 9.38. The van der Waals surface area contributed by atoms with Gasteiger partial charge in [-0.3, -0.25) is 4.79 Å². The van der Waals surface area contributed by atoms with E-state index in [1.807, 2.05) is 0 Å². The van der Waals surface area contributed by atoms with E-state index in [1.54, 1.807) is 36.4 Å². The molecule has 2 rings (SSSR count). The Morgan fingerprint density at radius 1 is 1.17 bits per heavy atom. The number of carbonyl (C=O) groups excluding carboxylic acids is 2. The highest BCUT2D eigenvalue weighted by atomic mass is 16.4. The van der Waals surface area contributed by atoms with Crippen LogP contribution in [0.3, 0.4) is 0 Å². The lowest BCUT2D eigenvalue weighted by molar-refractivity contribution is -0.304. The van der Waals surface area contributed by atoms with E-state index in [4.69, 9.17) is 4.42 Å². The molecule has 0 aliphatic heterocycles. The van der Waals surface area contributed by atoms with Crippen molar-refractivity contribution in [1.82, 2.24) is 0 Å². The van der Waals surface area contributed by atoms with Crippen LogP contribution >= 0.6 is 0 Å². The fourth-order valence-corrected chi connectivity index (χ4v) is 1.47. The van der Waals surface area contributed by atoms with Gasteiger partial charge >= 0.3 is 0 Å². The fraction of sp³-hybridized carbons (Fsp3) is 0.0769. The number of aliphatic carboxylic acids is 1. The minimum atomic E-state index is -1.14. The van der Waals surface area contributed by atoms with Gasteiger partial charge in [-0.05, 0) is 29.8 Å². The molecule has 0 fully saturated rings. The average molecular weight is 244 g/mol. The van der Waals surface area contributed by atoms with E-state index in [0.29, 0.717) is 11.3 Å². The van der Waals surface area contributed by atoms with Gasteiger partial charge in [-0.25, -0.2) is 0 Å². The lowest BCUT2D eigenvalue weighted by atomic mass is 10.1. The van der Waals surface area contributed by atoms with Crippen LogP contribution in [0.4, 0.5) is 5.69 Å². The van der Waals surface area contributed by atoms with Gasteiger partial charge in [-0.2, -0.15) is 0 Å². The van der Waals surface area contributed by atoms with Gasteiger partial charge in [0.1, 0.15) is 0 Å². The van der Waals surface area contributed by atoms with Crippen molar-refractivity contribution in [1.29, 1.82) is 0 Å². The number of carbonyl (C=O) groups is 2. The standard InChI is InChI=1S/C13H11NO4/c15-12(16)8-9-3-5-10(6-4-9)14-13(17)11-2-1-7-18-11/h1-7H,8H2,(H,14,17)(H,15,16)/p-1. The molecule has 18 heavy (non-hydrogen) atoms. The SMILES string of the molecule is O=C([O-])Cc1ccc(NC(=O)c2ccco2)cc1. The number of hydrogen-bond donors (Lipinski definition) is 1. The second-order valence-electron chi connectivity index (χ2n) is 3.68. The quantitative estimate of drug-likeness (QED) is 0.863. The summed E-state index contributed by atoms with van der Waals surface area (Å²) in [7, 11) is 0. The first kappa shape index (κ1) is 11.9. The molecule has 0 aliphatic rings. The summed E-state index contributed by atoms with van der Waals surface area (Å²) in [4.78, 5) is 22.0. The Balaban J connectivity index is 2.02. The Morgan fingerprint density at radius 3 is 2.44 bits per heavy atom. The molecule has 0 saturated carbocycles. The maximum atomic E-state index is 11.6. The molecule has 2 aromatic rings. The zero-order chi connectivity index (χ0) is 13.0. The van der Waals surface area contributed by atoms with Gasteiger partial charge in [0.15, 0.2) is 5.76 Å². The smallest absolute Gasteiger partial charge is 0.291 e.